The summed E-state index contributed by atoms with van der Waals surface area (Å²) in [6.45, 7) is 19.3. The highest BCUT2D eigenvalue weighted by Gasteiger charge is 2.52. The average Bonchev–Trinajstić information content (AvgIpc) is 2.62. The van der Waals surface area contributed by atoms with Crippen LogP contribution in [0, 0.1) is 0 Å². The van der Waals surface area contributed by atoms with Gasteiger partial charge in [-0.25, -0.2) is 0 Å². The van der Waals surface area contributed by atoms with E-state index in [1.165, 1.54) is 0 Å². The minimum Gasteiger partial charge on any atom is -0.363 e. The summed E-state index contributed by atoms with van der Waals surface area (Å²) in [6, 6.07) is 0. The lowest BCUT2D eigenvalue weighted by atomic mass is 10.3. The lowest BCUT2D eigenvalue weighted by Crippen LogP contribution is -2.56. The monoisotopic (exact) mass is 506 g/mol. The average molecular weight is 507 g/mol. The van der Waals surface area contributed by atoms with Crippen LogP contribution in [0.2, 0.25) is 0 Å². The minimum atomic E-state index is -0.820. The first-order valence-electron chi connectivity index (χ1n) is 10.4. The smallest absolute Gasteiger partial charge is 0.200 e. The Morgan fingerprint density at radius 3 is 0.966 bits per heavy atom. The molecule has 2 unspecified atom stereocenters. The van der Waals surface area contributed by atoms with Gasteiger partial charge in [-0.2, -0.15) is 0 Å². The van der Waals surface area contributed by atoms with Gasteiger partial charge in [0.1, 0.15) is 0 Å². The third-order valence-electron chi connectivity index (χ3n) is 4.55. The Kier molecular flexibility index (Phi) is 15.0. The lowest BCUT2D eigenvalue weighted by molar-refractivity contribution is -0.268. The molecule has 0 aliphatic carbocycles. The van der Waals surface area contributed by atoms with Crippen LogP contribution in [0.5, 0.6) is 0 Å². The van der Waals surface area contributed by atoms with Crippen LogP contribution >= 0.6 is 31.4 Å². The van der Waals surface area contributed by atoms with Crippen LogP contribution in [0.1, 0.15) is 55.4 Å². The fourth-order valence-corrected chi connectivity index (χ4v) is 13.6. The summed E-state index contributed by atoms with van der Waals surface area (Å²) < 4.78 is 35.4. The molecule has 0 rings (SSSR count). The first kappa shape index (κ1) is 30.2. The van der Waals surface area contributed by atoms with Crippen LogP contribution in [0.25, 0.3) is 0 Å². The van der Waals surface area contributed by atoms with Crippen molar-refractivity contribution in [3.05, 3.63) is 0 Å². The quantitative estimate of drug-likeness (QED) is 0.159. The van der Waals surface area contributed by atoms with Crippen LogP contribution in [-0.4, -0.2) is 80.8 Å². The molecule has 11 heteroatoms. The molecule has 2 atom stereocenters. The molecule has 0 aliphatic heterocycles. The van der Waals surface area contributed by atoms with Crippen molar-refractivity contribution in [3.8, 4) is 0 Å². The van der Waals surface area contributed by atoms with Crippen molar-refractivity contribution in [1.29, 1.82) is 0 Å². The largest absolute Gasteiger partial charge is 0.363 e. The highest BCUT2D eigenvalue weighted by Crippen LogP contribution is 2.54. The van der Waals surface area contributed by atoms with E-state index >= 15 is 0 Å². The van der Waals surface area contributed by atoms with Crippen LogP contribution in [0.15, 0.2) is 0 Å². The van der Waals surface area contributed by atoms with E-state index in [1.54, 1.807) is 31.4 Å². The van der Waals surface area contributed by atoms with E-state index in [0.29, 0.717) is 39.6 Å². The van der Waals surface area contributed by atoms with E-state index in [9.17, 15) is 0 Å². The van der Waals surface area contributed by atoms with Crippen molar-refractivity contribution in [2.75, 3.05) is 39.6 Å². The summed E-state index contributed by atoms with van der Waals surface area (Å²) in [6.07, 6.45) is 0. The molecule has 0 saturated carbocycles. The van der Waals surface area contributed by atoms with Gasteiger partial charge in [-0.1, -0.05) is 0 Å². The van der Waals surface area contributed by atoms with Gasteiger partial charge in [-0.3, -0.25) is 0 Å². The molecule has 0 amide bonds. The molecule has 0 aromatic heterocycles. The van der Waals surface area contributed by atoms with Gasteiger partial charge in [-0.15, -0.1) is 0 Å². The summed E-state index contributed by atoms with van der Waals surface area (Å²) in [5.74, 6) is -1.64. The molecule has 0 aromatic rings. The van der Waals surface area contributed by atoms with E-state index < -0.39 is 20.7 Å². The van der Waals surface area contributed by atoms with Gasteiger partial charge in [0.15, 0.2) is 9.11 Å². The van der Waals surface area contributed by atoms with Crippen LogP contribution < -0.4 is 0 Å². The van der Waals surface area contributed by atoms with Gasteiger partial charge >= 0.3 is 0 Å². The molecule has 0 bridgehead atoms. The second kappa shape index (κ2) is 14.4. The molecule has 0 radical (unpaired) electrons. The molecular formula is C18H42O6S3Si2. The molecule has 0 heterocycles. The molecule has 0 aromatic carbocycles. The lowest BCUT2D eigenvalue weighted by Gasteiger charge is -2.46. The maximum Gasteiger partial charge on any atom is 0.200 e. The minimum absolute atomic E-state index is 0.558. The third-order valence-corrected chi connectivity index (χ3v) is 15.2. The molecule has 176 valence electrons. The molecule has 0 spiro atoms. The second-order valence-electron chi connectivity index (χ2n) is 6.62. The van der Waals surface area contributed by atoms with Crippen molar-refractivity contribution >= 4 is 51.9 Å². The van der Waals surface area contributed by atoms with Gasteiger partial charge in [0.25, 0.3) is 0 Å². The highest BCUT2D eigenvalue weighted by molar-refractivity contribution is 9.10. The van der Waals surface area contributed by atoms with Crippen LogP contribution in [-0.2, 0) is 28.4 Å². The van der Waals surface area contributed by atoms with Crippen LogP contribution in [0.3, 0.4) is 0 Å². The van der Waals surface area contributed by atoms with Crippen molar-refractivity contribution < 1.29 is 28.4 Å². The number of hydrogen-bond acceptors (Lipinski definition) is 9. The van der Waals surface area contributed by atoms with E-state index in [1.807, 2.05) is 55.4 Å². The van der Waals surface area contributed by atoms with Crippen molar-refractivity contribution in [2.45, 2.75) is 76.1 Å². The summed E-state index contributed by atoms with van der Waals surface area (Å²) in [5, 5.41) is 0. The topological polar surface area (TPSA) is 55.4 Å². The fourth-order valence-electron chi connectivity index (χ4n) is 2.87. The number of rotatable bonds is 18. The van der Waals surface area contributed by atoms with Gasteiger partial charge in [-0.05, 0) is 86.8 Å². The van der Waals surface area contributed by atoms with Crippen molar-refractivity contribution in [1.82, 2.24) is 0 Å². The first-order chi connectivity index (χ1) is 13.6. The first-order valence-corrected chi connectivity index (χ1v) is 15.9. The Morgan fingerprint density at radius 1 is 0.517 bits per heavy atom. The van der Waals surface area contributed by atoms with Crippen LogP contribution in [0.4, 0.5) is 0 Å². The molecule has 0 aliphatic rings. The van der Waals surface area contributed by atoms with E-state index in [-0.39, 0.29) is 0 Å². The van der Waals surface area contributed by atoms with Gasteiger partial charge in [0.05, 0.1) is 20.5 Å². The fraction of sp³-hybridized carbons (Fsp3) is 1.00. The Morgan fingerprint density at radius 2 is 0.759 bits per heavy atom. The van der Waals surface area contributed by atoms with Gasteiger partial charge in [0.2, 0.25) is 11.6 Å². The third kappa shape index (κ3) is 8.27. The molecule has 6 nitrogen and oxygen atoms in total. The van der Waals surface area contributed by atoms with Gasteiger partial charge in [0, 0.05) is 39.6 Å². The molecule has 0 saturated heterocycles. The predicted octanol–water partition coefficient (Wildman–Crippen LogP) is 2.71. The normalized spacial score (nSPS) is 17.4. The Hall–Kier alpha value is 1.24. The summed E-state index contributed by atoms with van der Waals surface area (Å²) >= 11 is 0. The number of hydrogen-bond donors (Lipinski definition) is 0. The zero-order chi connectivity index (χ0) is 22.6. The highest BCUT2D eigenvalue weighted by atomic mass is 33.5. The Balaban J connectivity index is 5.55. The zero-order valence-electron chi connectivity index (χ0n) is 19.9. The maximum atomic E-state index is 6.20. The summed E-state index contributed by atoms with van der Waals surface area (Å²) in [7, 11) is 6.37. The van der Waals surface area contributed by atoms with E-state index in [0.717, 1.165) is 20.5 Å². The van der Waals surface area contributed by atoms with Crippen molar-refractivity contribution in [2.24, 2.45) is 0 Å². The Bertz CT molecular complexity index is 402. The Labute approximate surface area is 195 Å². The molecule has 29 heavy (non-hydrogen) atoms. The van der Waals surface area contributed by atoms with E-state index in [2.05, 4.69) is 0 Å². The molecule has 0 fully saturated rings. The standard InChI is InChI=1S/C18H42O6S3Si2/c1-9-19-15(7,20-10-2)17(28,23-13-5)25-27-26-18(29,24-14-6)16(8,21-11-3)22-12-4/h9-14H2,1-8,28-29H3. The SMILES string of the molecule is CCOC(C)(OCC)C([SiH3])(OCC)SSSC([SiH3])(OCC)C(C)(OCC)OCC. The van der Waals surface area contributed by atoms with E-state index in [4.69, 9.17) is 28.4 Å². The molecular weight excluding hydrogens is 465 g/mol. The predicted molar refractivity (Wildman–Crippen MR) is 135 cm³/mol. The number of ether oxygens (including phenoxy) is 6. The summed E-state index contributed by atoms with van der Waals surface area (Å²) in [5.41, 5.74) is 0. The second-order valence-corrected chi connectivity index (χ2v) is 15.5. The van der Waals surface area contributed by atoms with Gasteiger partial charge < -0.3 is 28.4 Å². The maximum absolute atomic E-state index is 6.20. The zero-order valence-corrected chi connectivity index (χ0v) is 26.4. The molecule has 0 N–H and O–H groups in total. The summed E-state index contributed by atoms with van der Waals surface area (Å²) in [4.78, 5) is 0. The van der Waals surface area contributed by atoms with Crippen molar-refractivity contribution in [3.63, 3.8) is 0 Å².